The van der Waals surface area contributed by atoms with Crippen LogP contribution in [0.25, 0.3) is 33.3 Å². The number of ketones is 1. The third-order valence-electron chi connectivity index (χ3n) is 8.23. The van der Waals surface area contributed by atoms with E-state index in [1.54, 1.807) is 62.9 Å². The molecule has 2 aromatic heterocycles. The zero-order valence-electron chi connectivity index (χ0n) is 25.2. The molecule has 0 N–H and O–H groups in total. The Bertz CT molecular complexity index is 2000. The minimum atomic E-state index is -3.94. The van der Waals surface area contributed by atoms with Crippen LogP contribution in [0.3, 0.4) is 0 Å². The Labute approximate surface area is 257 Å². The number of aryl methyl sites for hydroxylation is 2. The van der Waals surface area contributed by atoms with Crippen molar-refractivity contribution in [2.75, 3.05) is 32.1 Å². The molecular formula is C35H34N4O4S. The molecule has 6 rings (SSSR count). The van der Waals surface area contributed by atoms with Crippen molar-refractivity contribution in [3.8, 4) is 22.3 Å². The van der Waals surface area contributed by atoms with Gasteiger partial charge in [-0.05, 0) is 73.0 Å². The fraction of sp³-hybridized carbons (Fsp3) is 0.229. The third kappa shape index (κ3) is 5.39. The monoisotopic (exact) mass is 606 g/mol. The lowest BCUT2D eigenvalue weighted by Gasteiger charge is -2.29. The number of amides is 1. The minimum absolute atomic E-state index is 0.111. The number of carbonyl (C=O) groups excluding carboxylic acids is 2. The molecule has 0 unspecified atom stereocenters. The van der Waals surface area contributed by atoms with E-state index in [0.29, 0.717) is 40.8 Å². The first-order valence-corrected chi connectivity index (χ1v) is 16.0. The van der Waals surface area contributed by atoms with Crippen molar-refractivity contribution in [3.63, 3.8) is 0 Å². The van der Waals surface area contributed by atoms with Gasteiger partial charge in [0.15, 0.2) is 5.65 Å². The second-order valence-corrected chi connectivity index (χ2v) is 13.4. The molecule has 44 heavy (non-hydrogen) atoms. The second kappa shape index (κ2) is 11.4. The van der Waals surface area contributed by atoms with Crippen LogP contribution in [0.2, 0.25) is 0 Å². The second-order valence-electron chi connectivity index (χ2n) is 11.6. The van der Waals surface area contributed by atoms with Gasteiger partial charge in [0, 0.05) is 80.2 Å². The van der Waals surface area contributed by atoms with Crippen LogP contribution in [0.5, 0.6) is 0 Å². The van der Waals surface area contributed by atoms with Gasteiger partial charge in [0.2, 0.25) is 0 Å². The van der Waals surface area contributed by atoms with Gasteiger partial charge in [-0.15, -0.1) is 0 Å². The van der Waals surface area contributed by atoms with Gasteiger partial charge < -0.3 is 9.80 Å². The van der Waals surface area contributed by atoms with Crippen molar-refractivity contribution in [3.05, 3.63) is 102 Å². The molecule has 8 nitrogen and oxygen atoms in total. The number of rotatable bonds is 6. The predicted molar refractivity (Wildman–Crippen MR) is 174 cm³/mol. The highest BCUT2D eigenvalue weighted by Crippen LogP contribution is 2.36. The Morgan fingerprint density at radius 2 is 1.50 bits per heavy atom. The topological polar surface area (TPSA) is 92.6 Å². The molecule has 224 valence electrons. The Kier molecular flexibility index (Phi) is 7.59. The van der Waals surface area contributed by atoms with Gasteiger partial charge in [-0.25, -0.2) is 17.4 Å². The molecule has 0 saturated carbocycles. The van der Waals surface area contributed by atoms with Crippen LogP contribution in [-0.2, 0) is 14.8 Å². The van der Waals surface area contributed by atoms with Gasteiger partial charge in [0.25, 0.3) is 15.9 Å². The molecule has 0 spiro atoms. The summed E-state index contributed by atoms with van der Waals surface area (Å²) < 4.78 is 29.0. The Morgan fingerprint density at radius 1 is 0.841 bits per heavy atom. The number of anilines is 1. The zero-order valence-corrected chi connectivity index (χ0v) is 26.1. The summed E-state index contributed by atoms with van der Waals surface area (Å²) in [4.78, 5) is 32.9. The number of carbonyl (C=O) groups is 2. The quantitative estimate of drug-likeness (QED) is 0.232. The third-order valence-corrected chi connectivity index (χ3v) is 9.89. The van der Waals surface area contributed by atoms with Crippen molar-refractivity contribution in [1.29, 1.82) is 0 Å². The van der Waals surface area contributed by atoms with Crippen molar-refractivity contribution in [2.24, 2.45) is 0 Å². The SMILES string of the molecule is Cc1ccc(S(=O)(=O)n2cc(-c3ccc(C(=O)N(C)C)cc3)c3cc(-c4ccc(N5CCC(=O)CC5)c(C)c4)cnc32)cc1. The van der Waals surface area contributed by atoms with E-state index in [1.165, 1.54) is 8.87 Å². The van der Waals surface area contributed by atoms with Gasteiger partial charge in [-0.3, -0.25) is 9.59 Å². The molecule has 1 fully saturated rings. The molecule has 3 heterocycles. The van der Waals surface area contributed by atoms with Gasteiger partial charge in [0.1, 0.15) is 5.78 Å². The normalized spacial score (nSPS) is 13.8. The predicted octanol–water partition coefficient (Wildman–Crippen LogP) is 6.10. The van der Waals surface area contributed by atoms with Gasteiger partial charge in [-0.2, -0.15) is 0 Å². The maximum atomic E-state index is 13.9. The maximum absolute atomic E-state index is 13.9. The van der Waals surface area contributed by atoms with E-state index in [-0.39, 0.29) is 10.8 Å². The van der Waals surface area contributed by atoms with Gasteiger partial charge in [0.05, 0.1) is 4.90 Å². The molecule has 1 saturated heterocycles. The van der Waals surface area contributed by atoms with E-state index < -0.39 is 10.0 Å². The van der Waals surface area contributed by atoms with Crippen LogP contribution in [0, 0.1) is 13.8 Å². The first-order chi connectivity index (χ1) is 21.0. The summed E-state index contributed by atoms with van der Waals surface area (Å²) in [6, 6.07) is 22.2. The highest BCUT2D eigenvalue weighted by molar-refractivity contribution is 7.90. The summed E-state index contributed by atoms with van der Waals surface area (Å²) in [6.07, 6.45) is 4.46. The smallest absolute Gasteiger partial charge is 0.269 e. The first kappa shape index (κ1) is 29.3. The maximum Gasteiger partial charge on any atom is 0.269 e. The summed E-state index contributed by atoms with van der Waals surface area (Å²) in [5.41, 5.74) is 7.32. The van der Waals surface area contributed by atoms with Crippen LogP contribution in [0.4, 0.5) is 5.69 Å². The Morgan fingerprint density at radius 3 is 2.14 bits per heavy atom. The lowest BCUT2D eigenvalue weighted by molar-refractivity contribution is -0.119. The van der Waals surface area contributed by atoms with Crippen LogP contribution in [-0.4, -0.2) is 61.1 Å². The number of fused-ring (bicyclic) bond motifs is 1. The summed E-state index contributed by atoms with van der Waals surface area (Å²) in [7, 11) is -0.538. The molecule has 0 atom stereocenters. The number of piperidine rings is 1. The molecule has 0 aliphatic carbocycles. The van der Waals surface area contributed by atoms with Crippen LogP contribution in [0.1, 0.15) is 34.3 Å². The number of pyridine rings is 1. The van der Waals surface area contributed by atoms with Crippen molar-refractivity contribution < 1.29 is 18.0 Å². The van der Waals surface area contributed by atoms with E-state index in [0.717, 1.165) is 46.6 Å². The molecule has 1 aliphatic rings. The molecule has 5 aromatic rings. The van der Waals surface area contributed by atoms with E-state index in [2.05, 4.69) is 24.0 Å². The Hall–Kier alpha value is -4.76. The number of benzene rings is 3. The summed E-state index contributed by atoms with van der Waals surface area (Å²) in [6.45, 7) is 5.42. The number of Topliss-reactive ketones (excluding diaryl/α,β-unsaturated/α-hetero) is 1. The molecular weight excluding hydrogens is 572 g/mol. The fourth-order valence-electron chi connectivity index (χ4n) is 5.71. The average molecular weight is 607 g/mol. The Balaban J connectivity index is 1.47. The highest BCUT2D eigenvalue weighted by Gasteiger charge is 2.24. The number of nitrogens with zero attached hydrogens (tertiary/aromatic N) is 4. The average Bonchev–Trinajstić information content (AvgIpc) is 3.41. The van der Waals surface area contributed by atoms with Gasteiger partial charge >= 0.3 is 0 Å². The van der Waals surface area contributed by atoms with Crippen molar-refractivity contribution >= 4 is 38.4 Å². The molecule has 3 aromatic carbocycles. The largest absolute Gasteiger partial charge is 0.370 e. The summed E-state index contributed by atoms with van der Waals surface area (Å²) in [5.74, 6) is 0.195. The van der Waals surface area contributed by atoms with E-state index in [4.69, 9.17) is 4.98 Å². The fourth-order valence-corrected chi connectivity index (χ4v) is 7.04. The number of hydrogen-bond donors (Lipinski definition) is 0. The minimum Gasteiger partial charge on any atom is -0.370 e. The highest BCUT2D eigenvalue weighted by atomic mass is 32.2. The lowest BCUT2D eigenvalue weighted by Crippen LogP contribution is -2.34. The lowest BCUT2D eigenvalue weighted by atomic mass is 9.99. The first-order valence-electron chi connectivity index (χ1n) is 14.6. The van der Waals surface area contributed by atoms with Crippen molar-refractivity contribution in [2.45, 2.75) is 31.6 Å². The van der Waals surface area contributed by atoms with Crippen LogP contribution >= 0.6 is 0 Å². The van der Waals surface area contributed by atoms with Crippen LogP contribution in [0.15, 0.2) is 90.1 Å². The molecule has 9 heteroatoms. The summed E-state index contributed by atoms with van der Waals surface area (Å²) >= 11 is 0. The van der Waals surface area contributed by atoms with Gasteiger partial charge in [-0.1, -0.05) is 35.9 Å². The zero-order chi connectivity index (χ0) is 31.2. The van der Waals surface area contributed by atoms with E-state index in [9.17, 15) is 18.0 Å². The molecule has 1 aliphatic heterocycles. The molecule has 0 bridgehead atoms. The summed E-state index contributed by atoms with van der Waals surface area (Å²) in [5, 5.41) is 0.682. The number of hydrogen-bond acceptors (Lipinski definition) is 6. The van der Waals surface area contributed by atoms with Crippen molar-refractivity contribution in [1.82, 2.24) is 13.9 Å². The standard InChI is InChI=1S/C35H34N4O4S/c1-23-5-12-30(13-6-23)44(42,43)39-22-32(25-7-9-26(10-8-25)35(41)37(3)4)31-20-28(21-36-34(31)39)27-11-14-33(24(2)19-27)38-17-15-29(40)16-18-38/h5-14,19-22H,15-18H2,1-4H3. The van der Waals surface area contributed by atoms with E-state index in [1.807, 2.05) is 31.2 Å². The number of aromatic nitrogens is 2. The molecule has 1 amide bonds. The molecule has 0 radical (unpaired) electrons. The van der Waals surface area contributed by atoms with E-state index >= 15 is 0 Å². The van der Waals surface area contributed by atoms with Crippen LogP contribution < -0.4 is 4.90 Å².